The van der Waals surface area contributed by atoms with Gasteiger partial charge in [0.15, 0.2) is 0 Å². The largest absolute Gasteiger partial charge is 0.444 e. The first-order valence-corrected chi connectivity index (χ1v) is 10.2. The predicted molar refractivity (Wildman–Crippen MR) is 111 cm³/mol. The van der Waals surface area contributed by atoms with E-state index in [-0.39, 0.29) is 17.3 Å². The summed E-state index contributed by atoms with van der Waals surface area (Å²) in [4.78, 5) is 20.1. The van der Waals surface area contributed by atoms with Gasteiger partial charge in [-0.2, -0.15) is 18.3 Å². The molecule has 2 aromatic rings. The zero-order valence-electron chi connectivity index (χ0n) is 17.8. The molecule has 170 valence electrons. The van der Waals surface area contributed by atoms with Gasteiger partial charge in [0.05, 0.1) is 6.20 Å². The lowest BCUT2D eigenvalue weighted by atomic mass is 10.1. The number of carbonyl (C=O) groups excluding carboxylic acids is 1. The van der Waals surface area contributed by atoms with Gasteiger partial charge in [-0.25, -0.2) is 9.78 Å². The van der Waals surface area contributed by atoms with Crippen LogP contribution in [0.1, 0.15) is 27.2 Å². The van der Waals surface area contributed by atoms with Crippen molar-refractivity contribution < 1.29 is 22.7 Å². The third-order valence-electron chi connectivity index (χ3n) is 4.88. The average molecular weight is 460 g/mol. The Kier molecular flexibility index (Phi) is 6.40. The highest BCUT2D eigenvalue weighted by molar-refractivity contribution is 6.29. The number of carbonyl (C=O) groups is 1. The van der Waals surface area contributed by atoms with E-state index in [0.717, 1.165) is 4.68 Å². The summed E-state index contributed by atoms with van der Waals surface area (Å²) in [7, 11) is 1.86. The summed E-state index contributed by atoms with van der Waals surface area (Å²) >= 11 is 6.11. The zero-order chi connectivity index (χ0) is 23.0. The van der Waals surface area contributed by atoms with E-state index >= 15 is 0 Å². The lowest BCUT2D eigenvalue weighted by molar-refractivity contribution is -0.142. The Balaban J connectivity index is 1.80. The molecule has 0 N–H and O–H groups in total. The van der Waals surface area contributed by atoms with Gasteiger partial charge in [0.25, 0.3) is 0 Å². The maximum atomic E-state index is 12.7. The summed E-state index contributed by atoms with van der Waals surface area (Å²) < 4.78 is 44.3. The number of pyridine rings is 1. The van der Waals surface area contributed by atoms with Crippen LogP contribution in [0, 0.1) is 0 Å². The van der Waals surface area contributed by atoms with Crippen LogP contribution in [0.5, 0.6) is 0 Å². The van der Waals surface area contributed by atoms with Crippen LogP contribution < -0.4 is 4.90 Å². The lowest BCUT2D eigenvalue weighted by Crippen LogP contribution is -2.39. The fourth-order valence-electron chi connectivity index (χ4n) is 3.45. The van der Waals surface area contributed by atoms with Gasteiger partial charge in [-0.05, 0) is 33.3 Å². The highest BCUT2D eigenvalue weighted by Gasteiger charge is 2.33. The molecule has 1 atom stereocenters. The van der Waals surface area contributed by atoms with Crippen LogP contribution in [-0.4, -0.2) is 63.7 Å². The molecule has 31 heavy (non-hydrogen) atoms. The summed E-state index contributed by atoms with van der Waals surface area (Å²) in [5, 5.41) is 4.08. The monoisotopic (exact) mass is 459 g/mol. The molecule has 1 fully saturated rings. The molecule has 7 nitrogen and oxygen atoms in total. The van der Waals surface area contributed by atoms with Crippen LogP contribution in [0.2, 0.25) is 5.15 Å². The molecule has 1 saturated heterocycles. The van der Waals surface area contributed by atoms with Gasteiger partial charge < -0.3 is 14.5 Å². The SMILES string of the molecule is CN(c1cc(Cl)ncc1-c1cnn(CC(F)(F)F)c1)[C@H]1CCN(C(=O)OC(C)(C)C)C1. The van der Waals surface area contributed by atoms with E-state index in [1.807, 2.05) is 32.7 Å². The quantitative estimate of drug-likeness (QED) is 0.625. The molecular formula is C20H25ClF3N5O2. The topological polar surface area (TPSA) is 63.5 Å². The first-order valence-electron chi connectivity index (χ1n) is 9.78. The Hall–Kier alpha value is -2.49. The van der Waals surface area contributed by atoms with Crippen molar-refractivity contribution in [1.82, 2.24) is 19.7 Å². The molecule has 0 aromatic carbocycles. The van der Waals surface area contributed by atoms with Gasteiger partial charge in [-0.15, -0.1) is 0 Å². The molecule has 0 radical (unpaired) electrons. The van der Waals surface area contributed by atoms with Crippen LogP contribution >= 0.6 is 11.6 Å². The van der Waals surface area contributed by atoms with Gasteiger partial charge in [0.1, 0.15) is 17.3 Å². The third kappa shape index (κ3) is 6.03. The molecule has 1 aliphatic rings. The van der Waals surface area contributed by atoms with Crippen molar-refractivity contribution >= 4 is 23.4 Å². The van der Waals surface area contributed by atoms with Gasteiger partial charge in [0, 0.05) is 55.4 Å². The summed E-state index contributed by atoms with van der Waals surface area (Å²) in [5.41, 5.74) is 1.22. The minimum absolute atomic E-state index is 0.0186. The molecule has 0 aliphatic carbocycles. The molecule has 3 rings (SSSR count). The van der Waals surface area contributed by atoms with E-state index in [2.05, 4.69) is 10.1 Å². The minimum Gasteiger partial charge on any atom is -0.444 e. The number of nitrogens with zero attached hydrogens (tertiary/aromatic N) is 5. The predicted octanol–water partition coefficient (Wildman–Crippen LogP) is 4.61. The summed E-state index contributed by atoms with van der Waals surface area (Å²) in [6.07, 6.45) is 0.194. The number of hydrogen-bond acceptors (Lipinski definition) is 5. The van der Waals surface area contributed by atoms with Crippen molar-refractivity contribution in [2.45, 2.75) is 51.6 Å². The Morgan fingerprint density at radius 3 is 2.68 bits per heavy atom. The van der Waals surface area contributed by atoms with Crippen molar-refractivity contribution in [3.8, 4) is 11.1 Å². The fourth-order valence-corrected chi connectivity index (χ4v) is 3.61. The van der Waals surface area contributed by atoms with Crippen molar-refractivity contribution in [1.29, 1.82) is 0 Å². The van der Waals surface area contributed by atoms with Gasteiger partial charge in [-0.1, -0.05) is 11.6 Å². The van der Waals surface area contributed by atoms with Crippen LogP contribution in [0.15, 0.2) is 24.7 Å². The lowest BCUT2D eigenvalue weighted by Gasteiger charge is -2.29. The van der Waals surface area contributed by atoms with Crippen LogP contribution in [0.4, 0.5) is 23.7 Å². The van der Waals surface area contributed by atoms with E-state index < -0.39 is 18.3 Å². The number of aromatic nitrogens is 3. The third-order valence-corrected chi connectivity index (χ3v) is 5.08. The van der Waals surface area contributed by atoms with Crippen molar-refractivity contribution in [3.63, 3.8) is 0 Å². The summed E-state index contributed by atoms with van der Waals surface area (Å²) in [5.74, 6) is 0. The smallest absolute Gasteiger partial charge is 0.410 e. The molecule has 0 saturated carbocycles. The van der Waals surface area contributed by atoms with Gasteiger partial charge in [0.2, 0.25) is 0 Å². The van der Waals surface area contributed by atoms with Crippen molar-refractivity contribution in [3.05, 3.63) is 29.8 Å². The first kappa shape index (κ1) is 23.2. The van der Waals surface area contributed by atoms with Crippen LogP contribution in [0.3, 0.4) is 0 Å². The molecule has 2 aromatic heterocycles. The van der Waals surface area contributed by atoms with E-state index in [1.54, 1.807) is 11.0 Å². The zero-order valence-corrected chi connectivity index (χ0v) is 18.5. The number of halogens is 4. The second-order valence-corrected chi connectivity index (χ2v) is 8.93. The van der Waals surface area contributed by atoms with E-state index in [4.69, 9.17) is 16.3 Å². The molecule has 1 aliphatic heterocycles. The number of hydrogen-bond donors (Lipinski definition) is 0. The molecule has 0 spiro atoms. The van der Waals surface area contributed by atoms with Gasteiger partial charge in [-0.3, -0.25) is 4.68 Å². The number of anilines is 1. The van der Waals surface area contributed by atoms with Crippen molar-refractivity contribution in [2.75, 3.05) is 25.0 Å². The highest BCUT2D eigenvalue weighted by atomic mass is 35.5. The number of likely N-dealkylation sites (N-methyl/N-ethyl adjacent to an activating group) is 1. The number of rotatable bonds is 4. The second kappa shape index (κ2) is 8.57. The molecule has 11 heteroatoms. The molecule has 3 heterocycles. The van der Waals surface area contributed by atoms with Crippen LogP contribution in [-0.2, 0) is 11.3 Å². The molecular weight excluding hydrogens is 435 g/mol. The maximum absolute atomic E-state index is 12.7. The van der Waals surface area contributed by atoms with Crippen LogP contribution in [0.25, 0.3) is 11.1 Å². The van der Waals surface area contributed by atoms with Gasteiger partial charge >= 0.3 is 12.3 Å². The highest BCUT2D eigenvalue weighted by Crippen LogP contribution is 2.34. The molecule has 0 unspecified atom stereocenters. The van der Waals surface area contributed by atoms with Crippen molar-refractivity contribution in [2.24, 2.45) is 0 Å². The normalized spacial score (nSPS) is 17.2. The Labute approximate surface area is 183 Å². The Morgan fingerprint density at radius 2 is 2.03 bits per heavy atom. The average Bonchev–Trinajstić information content (AvgIpc) is 3.28. The second-order valence-electron chi connectivity index (χ2n) is 8.55. The molecule has 0 bridgehead atoms. The van der Waals surface area contributed by atoms with E-state index in [0.29, 0.717) is 36.3 Å². The van der Waals surface area contributed by atoms with E-state index in [9.17, 15) is 18.0 Å². The number of alkyl halides is 3. The minimum atomic E-state index is -4.36. The fraction of sp³-hybridized carbons (Fsp3) is 0.550. The maximum Gasteiger partial charge on any atom is 0.410 e. The molecule has 1 amide bonds. The number of amides is 1. The standard InChI is InChI=1S/C20H25ClF3N5O2/c1-19(2,3)31-18(30)28-6-5-14(11-28)27(4)16-7-17(21)25-9-15(16)13-8-26-29(10-13)12-20(22,23)24/h7-10,14H,5-6,11-12H2,1-4H3/t14-/m0/s1. The Morgan fingerprint density at radius 1 is 1.32 bits per heavy atom. The number of ether oxygens (including phenoxy) is 1. The summed E-state index contributed by atoms with van der Waals surface area (Å²) in [6.45, 7) is 5.27. The first-order chi connectivity index (χ1) is 14.3. The summed E-state index contributed by atoms with van der Waals surface area (Å²) in [6, 6.07) is 1.64. The number of likely N-dealkylation sites (tertiary alicyclic amines) is 1. The van der Waals surface area contributed by atoms with E-state index in [1.165, 1.54) is 18.6 Å². The Bertz CT molecular complexity index is 942.